The maximum atomic E-state index is 12.2. The molecule has 2 rings (SSSR count). The molecule has 7 heteroatoms. The molecule has 0 saturated heterocycles. The van der Waals surface area contributed by atoms with Crippen LogP contribution in [0.5, 0.6) is 0 Å². The first-order chi connectivity index (χ1) is 11.7. The second-order valence-electron chi connectivity index (χ2n) is 6.07. The summed E-state index contributed by atoms with van der Waals surface area (Å²) in [4.78, 5) is 13.8. The van der Waals surface area contributed by atoms with Gasteiger partial charge < -0.3 is 10.2 Å². The standard InChI is InChI=1S/C18H23N3O3S/c1-14-7-9-15(10-8-14)13-21(2)18(22)19-12-16-5-4-6-17(11-16)20-25(3,23)24/h4-11,20H,12-13H2,1-3H3,(H,19,22). The van der Waals surface area contributed by atoms with Crippen LogP contribution in [0.4, 0.5) is 10.5 Å². The predicted octanol–water partition coefficient (Wildman–Crippen LogP) is 2.71. The van der Waals surface area contributed by atoms with Gasteiger partial charge in [0.25, 0.3) is 0 Å². The van der Waals surface area contributed by atoms with Crippen LogP contribution in [0.15, 0.2) is 48.5 Å². The topological polar surface area (TPSA) is 78.5 Å². The Kier molecular flexibility index (Phi) is 6.03. The number of hydrogen-bond donors (Lipinski definition) is 2. The number of hydrogen-bond acceptors (Lipinski definition) is 3. The molecule has 0 fully saturated rings. The molecule has 134 valence electrons. The lowest BCUT2D eigenvalue weighted by Crippen LogP contribution is -2.36. The van der Waals surface area contributed by atoms with Gasteiger partial charge in [-0.1, -0.05) is 42.0 Å². The summed E-state index contributed by atoms with van der Waals surface area (Å²) in [7, 11) is -1.59. The van der Waals surface area contributed by atoms with Crippen LogP contribution in [-0.2, 0) is 23.1 Å². The number of rotatable bonds is 6. The van der Waals surface area contributed by atoms with Crippen molar-refractivity contribution in [3.05, 3.63) is 65.2 Å². The summed E-state index contributed by atoms with van der Waals surface area (Å²) >= 11 is 0. The van der Waals surface area contributed by atoms with Crippen LogP contribution >= 0.6 is 0 Å². The monoisotopic (exact) mass is 361 g/mol. The van der Waals surface area contributed by atoms with Crippen molar-refractivity contribution in [2.75, 3.05) is 18.0 Å². The average Bonchev–Trinajstić information content (AvgIpc) is 2.53. The molecule has 0 spiro atoms. The third-order valence-corrected chi connectivity index (χ3v) is 4.17. The maximum Gasteiger partial charge on any atom is 0.317 e. The zero-order chi connectivity index (χ0) is 18.4. The highest BCUT2D eigenvalue weighted by Crippen LogP contribution is 2.12. The van der Waals surface area contributed by atoms with Gasteiger partial charge in [-0.05, 0) is 30.2 Å². The van der Waals surface area contributed by atoms with Crippen molar-refractivity contribution < 1.29 is 13.2 Å². The predicted molar refractivity (Wildman–Crippen MR) is 99.8 cm³/mol. The molecule has 0 aliphatic carbocycles. The van der Waals surface area contributed by atoms with Gasteiger partial charge in [0.2, 0.25) is 10.0 Å². The van der Waals surface area contributed by atoms with E-state index in [2.05, 4.69) is 10.0 Å². The number of nitrogens with one attached hydrogen (secondary N) is 2. The molecule has 0 unspecified atom stereocenters. The number of carbonyl (C=O) groups excluding carboxylic acids is 1. The summed E-state index contributed by atoms with van der Waals surface area (Å²) in [5.74, 6) is 0. The number of amides is 2. The summed E-state index contributed by atoms with van der Waals surface area (Å²) in [6.07, 6.45) is 1.10. The molecule has 0 aliphatic rings. The number of carbonyl (C=O) groups is 1. The lowest BCUT2D eigenvalue weighted by molar-refractivity contribution is 0.206. The lowest BCUT2D eigenvalue weighted by atomic mass is 10.1. The van der Waals surface area contributed by atoms with Crippen molar-refractivity contribution in [2.45, 2.75) is 20.0 Å². The highest BCUT2D eigenvalue weighted by atomic mass is 32.2. The Morgan fingerprint density at radius 1 is 1.08 bits per heavy atom. The Bertz CT molecular complexity index is 833. The minimum absolute atomic E-state index is 0.193. The number of anilines is 1. The summed E-state index contributed by atoms with van der Waals surface area (Å²) in [6, 6.07) is 14.8. The smallest absolute Gasteiger partial charge is 0.317 e. The van der Waals surface area contributed by atoms with Gasteiger partial charge in [-0.2, -0.15) is 0 Å². The minimum Gasteiger partial charge on any atom is -0.334 e. The quantitative estimate of drug-likeness (QED) is 0.830. The third kappa shape index (κ3) is 6.46. The van der Waals surface area contributed by atoms with Crippen LogP contribution in [0, 0.1) is 6.92 Å². The molecule has 0 radical (unpaired) electrons. The van der Waals surface area contributed by atoms with Crippen molar-refractivity contribution in [1.82, 2.24) is 10.2 Å². The van der Waals surface area contributed by atoms with Gasteiger partial charge in [-0.3, -0.25) is 4.72 Å². The molecule has 6 nitrogen and oxygen atoms in total. The molecule has 2 aromatic rings. The molecular weight excluding hydrogens is 338 g/mol. The zero-order valence-electron chi connectivity index (χ0n) is 14.6. The summed E-state index contributed by atoms with van der Waals surface area (Å²) in [5.41, 5.74) is 3.52. The average molecular weight is 361 g/mol. The van der Waals surface area contributed by atoms with E-state index in [1.807, 2.05) is 37.3 Å². The Morgan fingerprint density at radius 3 is 2.40 bits per heavy atom. The number of nitrogens with zero attached hydrogens (tertiary/aromatic N) is 1. The fourth-order valence-corrected chi connectivity index (χ4v) is 2.87. The molecule has 25 heavy (non-hydrogen) atoms. The second-order valence-corrected chi connectivity index (χ2v) is 7.82. The van der Waals surface area contributed by atoms with E-state index < -0.39 is 10.0 Å². The van der Waals surface area contributed by atoms with E-state index in [9.17, 15) is 13.2 Å². The molecule has 2 amide bonds. The number of aryl methyl sites for hydroxylation is 1. The van der Waals surface area contributed by atoms with Crippen LogP contribution in [0.3, 0.4) is 0 Å². The Morgan fingerprint density at radius 2 is 1.76 bits per heavy atom. The lowest BCUT2D eigenvalue weighted by Gasteiger charge is -2.18. The summed E-state index contributed by atoms with van der Waals surface area (Å²) in [6.45, 7) is 2.85. The Hall–Kier alpha value is -2.54. The molecule has 2 N–H and O–H groups in total. The molecule has 0 atom stereocenters. The first kappa shape index (κ1) is 18.8. The van der Waals surface area contributed by atoms with Crippen LogP contribution < -0.4 is 10.0 Å². The van der Waals surface area contributed by atoms with Gasteiger partial charge in [-0.15, -0.1) is 0 Å². The molecule has 0 bridgehead atoms. The van der Waals surface area contributed by atoms with Crippen molar-refractivity contribution >= 4 is 21.7 Å². The molecule has 2 aromatic carbocycles. The van der Waals surface area contributed by atoms with Crippen LogP contribution in [0.2, 0.25) is 0 Å². The van der Waals surface area contributed by atoms with E-state index in [0.717, 1.165) is 17.4 Å². The molecule has 0 heterocycles. The fourth-order valence-electron chi connectivity index (χ4n) is 2.31. The highest BCUT2D eigenvalue weighted by Gasteiger charge is 2.09. The minimum atomic E-state index is -3.32. The molecule has 0 saturated carbocycles. The van der Waals surface area contributed by atoms with Crippen LogP contribution in [0.1, 0.15) is 16.7 Å². The van der Waals surface area contributed by atoms with Crippen molar-refractivity contribution in [3.8, 4) is 0 Å². The highest BCUT2D eigenvalue weighted by molar-refractivity contribution is 7.92. The fraction of sp³-hybridized carbons (Fsp3) is 0.278. The largest absolute Gasteiger partial charge is 0.334 e. The second kappa shape index (κ2) is 8.02. The first-order valence-corrected chi connectivity index (χ1v) is 9.73. The van der Waals surface area contributed by atoms with E-state index in [-0.39, 0.29) is 6.03 Å². The van der Waals surface area contributed by atoms with Gasteiger partial charge in [0.15, 0.2) is 0 Å². The number of sulfonamides is 1. The number of urea groups is 1. The summed E-state index contributed by atoms with van der Waals surface area (Å²) in [5, 5.41) is 2.83. The van der Waals surface area contributed by atoms with Gasteiger partial charge in [0.1, 0.15) is 0 Å². The van der Waals surface area contributed by atoms with E-state index in [4.69, 9.17) is 0 Å². The van der Waals surface area contributed by atoms with Gasteiger partial charge in [0, 0.05) is 25.8 Å². The normalized spacial score (nSPS) is 11.0. The zero-order valence-corrected chi connectivity index (χ0v) is 15.4. The van der Waals surface area contributed by atoms with E-state index >= 15 is 0 Å². The maximum absolute atomic E-state index is 12.2. The SMILES string of the molecule is Cc1ccc(CN(C)C(=O)NCc2cccc(NS(C)(=O)=O)c2)cc1. The van der Waals surface area contributed by atoms with Crippen molar-refractivity contribution in [2.24, 2.45) is 0 Å². The third-order valence-electron chi connectivity index (χ3n) is 3.56. The molecule has 0 aromatic heterocycles. The number of benzene rings is 2. The van der Waals surface area contributed by atoms with Crippen LogP contribution in [-0.4, -0.2) is 32.7 Å². The van der Waals surface area contributed by atoms with Gasteiger partial charge >= 0.3 is 6.03 Å². The van der Waals surface area contributed by atoms with Crippen molar-refractivity contribution in [1.29, 1.82) is 0 Å². The van der Waals surface area contributed by atoms with Crippen molar-refractivity contribution in [3.63, 3.8) is 0 Å². The van der Waals surface area contributed by atoms with E-state index in [0.29, 0.717) is 18.8 Å². The Labute approximate surface area is 148 Å². The van der Waals surface area contributed by atoms with Gasteiger partial charge in [-0.25, -0.2) is 13.2 Å². The Balaban J connectivity index is 1.90. The van der Waals surface area contributed by atoms with Gasteiger partial charge in [0.05, 0.1) is 6.26 Å². The first-order valence-electron chi connectivity index (χ1n) is 7.84. The van der Waals surface area contributed by atoms with E-state index in [1.54, 1.807) is 30.1 Å². The summed E-state index contributed by atoms with van der Waals surface area (Å²) < 4.78 is 25.0. The molecular formula is C18H23N3O3S. The molecule has 0 aliphatic heterocycles. The van der Waals surface area contributed by atoms with E-state index in [1.165, 1.54) is 5.56 Å². The van der Waals surface area contributed by atoms with Crippen LogP contribution in [0.25, 0.3) is 0 Å².